The molecule has 2 aliphatic heterocycles. The van der Waals surface area contributed by atoms with E-state index < -0.39 is 26.7 Å². The lowest BCUT2D eigenvalue weighted by Crippen LogP contribution is -2.45. The molecule has 1 aromatic heterocycles. The number of nitro benzene ring substituents is 1. The first-order valence-corrected chi connectivity index (χ1v) is 13.1. The number of non-ortho nitro benzene ring substituents is 1. The number of hydrogen-bond donors (Lipinski definition) is 0. The van der Waals surface area contributed by atoms with Gasteiger partial charge in [0, 0.05) is 42.5 Å². The van der Waals surface area contributed by atoms with Crippen molar-refractivity contribution in [1.29, 1.82) is 0 Å². The highest BCUT2D eigenvalue weighted by Crippen LogP contribution is 2.30. The van der Waals surface area contributed by atoms with Crippen LogP contribution in [0.1, 0.15) is 19.3 Å². The van der Waals surface area contributed by atoms with Gasteiger partial charge in [0.25, 0.3) is 11.6 Å². The zero-order valence-corrected chi connectivity index (χ0v) is 19.6. The first-order valence-electron chi connectivity index (χ1n) is 10.4. The monoisotopic (exact) mass is 503 g/mol. The summed E-state index contributed by atoms with van der Waals surface area (Å²) in [5, 5.41) is 18.4. The summed E-state index contributed by atoms with van der Waals surface area (Å²) >= 11 is 1.22. The maximum Gasteiger partial charge on any atom is 0.276 e. The Hall–Kier alpha value is -3.45. The standard InChI is InChI=1S/C21H21N5O6S2/c1-2-10-24(21-22-18(12-33-21)14-3-5-15(6-4-14)26(29)30)20(28)17-7-8-19(27)25(23-17)16-9-11-34(31,32)13-16/h2-6,12,16H,1,7-11,13H2/t16-/m1/s1. The van der Waals surface area contributed by atoms with Gasteiger partial charge in [0.05, 0.1) is 28.2 Å². The summed E-state index contributed by atoms with van der Waals surface area (Å²) in [4.78, 5) is 42.0. The SMILES string of the molecule is C=CCN(C(=O)C1=NN([C@@H]2CCS(=O)(=O)C2)C(=O)CC1)c1nc(-c2ccc([N+](=O)[O-])cc2)cs1. The molecule has 2 aromatic rings. The Labute approximate surface area is 199 Å². The number of nitro groups is 1. The van der Waals surface area contributed by atoms with Gasteiger partial charge in [0.15, 0.2) is 15.0 Å². The number of amides is 2. The molecule has 1 atom stereocenters. The molecule has 0 unspecified atom stereocenters. The molecule has 34 heavy (non-hydrogen) atoms. The highest BCUT2D eigenvalue weighted by atomic mass is 32.2. The fourth-order valence-corrected chi connectivity index (χ4v) is 6.32. The van der Waals surface area contributed by atoms with Crippen molar-refractivity contribution in [2.75, 3.05) is 23.0 Å². The molecule has 13 heteroatoms. The van der Waals surface area contributed by atoms with E-state index in [1.165, 1.54) is 28.4 Å². The minimum Gasteiger partial charge on any atom is -0.279 e. The predicted molar refractivity (Wildman–Crippen MR) is 127 cm³/mol. The molecule has 3 heterocycles. The van der Waals surface area contributed by atoms with E-state index in [9.17, 15) is 28.1 Å². The normalized spacial score (nSPS) is 19.5. The molecule has 0 radical (unpaired) electrons. The third-order valence-corrected chi connectivity index (χ3v) is 8.13. The van der Waals surface area contributed by atoms with Gasteiger partial charge in [-0.1, -0.05) is 6.08 Å². The van der Waals surface area contributed by atoms with Crippen LogP contribution in [-0.4, -0.2) is 65.0 Å². The zero-order valence-electron chi connectivity index (χ0n) is 18.0. The Bertz CT molecular complexity index is 1280. The van der Waals surface area contributed by atoms with E-state index in [2.05, 4.69) is 16.7 Å². The smallest absolute Gasteiger partial charge is 0.276 e. The summed E-state index contributed by atoms with van der Waals surface area (Å²) in [7, 11) is -3.22. The number of rotatable bonds is 7. The number of hydrogen-bond acceptors (Lipinski definition) is 9. The van der Waals surface area contributed by atoms with Crippen molar-refractivity contribution >= 4 is 49.5 Å². The van der Waals surface area contributed by atoms with E-state index >= 15 is 0 Å². The number of carbonyl (C=O) groups excluding carboxylic acids is 2. The van der Waals surface area contributed by atoms with Crippen LogP contribution in [0.3, 0.4) is 0 Å². The van der Waals surface area contributed by atoms with Crippen LogP contribution in [0.5, 0.6) is 0 Å². The lowest BCUT2D eigenvalue weighted by molar-refractivity contribution is -0.384. The summed E-state index contributed by atoms with van der Waals surface area (Å²) in [6.45, 7) is 3.85. The molecule has 4 rings (SSSR count). The molecule has 1 aromatic carbocycles. The van der Waals surface area contributed by atoms with Crippen LogP contribution in [0.2, 0.25) is 0 Å². The minimum atomic E-state index is -3.22. The lowest BCUT2D eigenvalue weighted by atomic mass is 10.1. The third kappa shape index (κ3) is 4.89. The van der Waals surface area contributed by atoms with E-state index in [1.807, 2.05) is 0 Å². The molecule has 1 fully saturated rings. The maximum atomic E-state index is 13.3. The Kier molecular flexibility index (Phi) is 6.57. The number of nitrogens with zero attached hydrogens (tertiary/aromatic N) is 5. The summed E-state index contributed by atoms with van der Waals surface area (Å²) < 4.78 is 23.7. The van der Waals surface area contributed by atoms with Gasteiger partial charge in [-0.05, 0) is 18.6 Å². The number of sulfone groups is 1. The molecule has 2 amide bonds. The average Bonchev–Trinajstić information content (AvgIpc) is 3.44. The zero-order chi connectivity index (χ0) is 24.5. The number of aromatic nitrogens is 1. The van der Waals surface area contributed by atoms with Crippen LogP contribution in [-0.2, 0) is 19.4 Å². The lowest BCUT2D eigenvalue weighted by Gasteiger charge is -2.29. The van der Waals surface area contributed by atoms with Crippen molar-refractivity contribution in [3.63, 3.8) is 0 Å². The van der Waals surface area contributed by atoms with Crippen molar-refractivity contribution in [3.8, 4) is 11.3 Å². The molecule has 2 aliphatic rings. The van der Waals surface area contributed by atoms with Crippen LogP contribution in [0, 0.1) is 10.1 Å². The van der Waals surface area contributed by atoms with Gasteiger partial charge >= 0.3 is 0 Å². The van der Waals surface area contributed by atoms with Gasteiger partial charge in [-0.15, -0.1) is 17.9 Å². The Balaban J connectivity index is 1.58. The largest absolute Gasteiger partial charge is 0.279 e. The number of hydrazone groups is 1. The van der Waals surface area contributed by atoms with Crippen molar-refractivity contribution < 1.29 is 22.9 Å². The first kappa shape index (κ1) is 23.7. The number of thiazole rings is 1. The molecule has 0 bridgehead atoms. The van der Waals surface area contributed by atoms with E-state index in [1.54, 1.807) is 23.6 Å². The third-order valence-electron chi connectivity index (χ3n) is 5.51. The van der Waals surface area contributed by atoms with Gasteiger partial charge in [-0.3, -0.25) is 24.6 Å². The summed E-state index contributed by atoms with van der Waals surface area (Å²) in [5.74, 6) is -0.912. The summed E-state index contributed by atoms with van der Waals surface area (Å²) in [5.41, 5.74) is 1.33. The molecule has 1 saturated heterocycles. The Morgan fingerprint density at radius 1 is 1.32 bits per heavy atom. The average molecular weight is 504 g/mol. The highest BCUT2D eigenvalue weighted by Gasteiger charge is 2.38. The second kappa shape index (κ2) is 9.43. The fourth-order valence-electron chi connectivity index (χ4n) is 3.79. The van der Waals surface area contributed by atoms with Crippen LogP contribution in [0.15, 0.2) is 47.4 Å². The second-order valence-corrected chi connectivity index (χ2v) is 10.9. The Morgan fingerprint density at radius 3 is 2.68 bits per heavy atom. The minimum absolute atomic E-state index is 0.00658. The van der Waals surface area contributed by atoms with E-state index in [-0.39, 0.29) is 48.2 Å². The van der Waals surface area contributed by atoms with Crippen LogP contribution < -0.4 is 4.90 Å². The van der Waals surface area contributed by atoms with Crippen molar-refractivity contribution in [2.45, 2.75) is 25.3 Å². The van der Waals surface area contributed by atoms with Crippen LogP contribution in [0.4, 0.5) is 10.8 Å². The van der Waals surface area contributed by atoms with Gasteiger partial charge < -0.3 is 0 Å². The topological polar surface area (TPSA) is 143 Å². The van der Waals surface area contributed by atoms with Gasteiger partial charge in [-0.25, -0.2) is 18.4 Å². The molecular weight excluding hydrogens is 482 g/mol. The fraction of sp³-hybridized carbons (Fsp3) is 0.333. The quantitative estimate of drug-likeness (QED) is 0.321. The molecule has 11 nitrogen and oxygen atoms in total. The van der Waals surface area contributed by atoms with E-state index in [0.717, 1.165) is 5.01 Å². The maximum absolute atomic E-state index is 13.3. The highest BCUT2D eigenvalue weighted by molar-refractivity contribution is 7.91. The number of anilines is 1. The van der Waals surface area contributed by atoms with Gasteiger partial charge in [0.1, 0.15) is 5.71 Å². The molecule has 0 spiro atoms. The van der Waals surface area contributed by atoms with E-state index in [4.69, 9.17) is 0 Å². The van der Waals surface area contributed by atoms with Crippen molar-refractivity contribution in [3.05, 3.63) is 52.4 Å². The first-order chi connectivity index (χ1) is 16.2. The molecular formula is C21H21N5O6S2. The summed E-state index contributed by atoms with van der Waals surface area (Å²) in [6, 6.07) is 5.36. The second-order valence-electron chi connectivity index (χ2n) is 7.87. The molecule has 0 N–H and O–H groups in total. The van der Waals surface area contributed by atoms with Crippen LogP contribution >= 0.6 is 11.3 Å². The van der Waals surface area contributed by atoms with Crippen molar-refractivity contribution in [2.24, 2.45) is 5.10 Å². The molecule has 0 aliphatic carbocycles. The number of benzene rings is 1. The van der Waals surface area contributed by atoms with Crippen molar-refractivity contribution in [1.82, 2.24) is 9.99 Å². The van der Waals surface area contributed by atoms with Gasteiger partial charge in [0.2, 0.25) is 5.91 Å². The van der Waals surface area contributed by atoms with Crippen LogP contribution in [0.25, 0.3) is 11.3 Å². The molecule has 178 valence electrons. The number of carbonyl (C=O) groups is 2. The Morgan fingerprint density at radius 2 is 2.06 bits per heavy atom. The van der Waals surface area contributed by atoms with E-state index in [0.29, 0.717) is 22.8 Å². The predicted octanol–water partition coefficient (Wildman–Crippen LogP) is 2.40. The molecule has 0 saturated carbocycles. The van der Waals surface area contributed by atoms with Gasteiger partial charge in [-0.2, -0.15) is 5.10 Å². The summed E-state index contributed by atoms with van der Waals surface area (Å²) in [6.07, 6.45) is 2.04.